The Morgan fingerprint density at radius 1 is 1.41 bits per heavy atom. The third kappa shape index (κ3) is 2.84. The molecular formula is C12H19N3OS. The van der Waals surface area contributed by atoms with Crippen LogP contribution in [0.4, 0.5) is 0 Å². The number of aromatic nitrogens is 1. The van der Waals surface area contributed by atoms with Crippen LogP contribution in [0.2, 0.25) is 0 Å². The number of aryl methyl sites for hydroxylation is 2. The molecule has 0 saturated heterocycles. The number of amides is 1. The summed E-state index contributed by atoms with van der Waals surface area (Å²) in [6.07, 6.45) is 4.32. The fourth-order valence-electron chi connectivity index (χ4n) is 2.31. The first-order chi connectivity index (χ1) is 8.08. The molecule has 1 heterocycles. The number of rotatable bonds is 2. The van der Waals surface area contributed by atoms with Gasteiger partial charge in [-0.3, -0.25) is 4.79 Å². The van der Waals surface area contributed by atoms with Crippen LogP contribution in [-0.4, -0.2) is 23.0 Å². The Balaban J connectivity index is 2.03. The van der Waals surface area contributed by atoms with Crippen LogP contribution in [0.5, 0.6) is 0 Å². The Hall–Kier alpha value is -0.940. The minimum absolute atomic E-state index is 0.0181. The lowest BCUT2D eigenvalue weighted by Gasteiger charge is -2.29. The Labute approximate surface area is 106 Å². The molecule has 1 saturated carbocycles. The van der Waals surface area contributed by atoms with Crippen molar-refractivity contribution >= 4 is 17.2 Å². The molecule has 1 amide bonds. The molecule has 2 atom stereocenters. The van der Waals surface area contributed by atoms with Crippen LogP contribution in [0.1, 0.15) is 46.1 Å². The molecule has 0 bridgehead atoms. The quantitative estimate of drug-likeness (QED) is 0.844. The van der Waals surface area contributed by atoms with Gasteiger partial charge in [-0.2, -0.15) is 0 Å². The van der Waals surface area contributed by atoms with Crippen LogP contribution < -0.4 is 11.1 Å². The highest BCUT2D eigenvalue weighted by atomic mass is 32.1. The molecule has 0 aliphatic heterocycles. The van der Waals surface area contributed by atoms with Crippen molar-refractivity contribution in [2.75, 3.05) is 0 Å². The summed E-state index contributed by atoms with van der Waals surface area (Å²) in [7, 11) is 0. The van der Waals surface area contributed by atoms with Crippen LogP contribution >= 0.6 is 11.3 Å². The summed E-state index contributed by atoms with van der Waals surface area (Å²) in [4.78, 5) is 17.1. The lowest BCUT2D eigenvalue weighted by Crippen LogP contribution is -2.49. The second kappa shape index (κ2) is 5.14. The Kier molecular flexibility index (Phi) is 3.79. The SMILES string of the molecule is Cc1nc(C)c(C(=O)N[C@@H]2CCCC[C@H]2N)s1. The highest BCUT2D eigenvalue weighted by molar-refractivity contribution is 7.13. The summed E-state index contributed by atoms with van der Waals surface area (Å²) in [5, 5.41) is 3.98. The van der Waals surface area contributed by atoms with Gasteiger partial charge in [-0.25, -0.2) is 4.98 Å². The van der Waals surface area contributed by atoms with Gasteiger partial charge in [0, 0.05) is 12.1 Å². The van der Waals surface area contributed by atoms with Crippen molar-refractivity contribution in [1.29, 1.82) is 0 Å². The second-order valence-corrected chi connectivity index (χ2v) is 5.88. The Morgan fingerprint density at radius 3 is 2.71 bits per heavy atom. The number of thiazole rings is 1. The number of nitrogens with one attached hydrogen (secondary N) is 1. The molecular weight excluding hydrogens is 234 g/mol. The third-order valence-electron chi connectivity index (χ3n) is 3.25. The lowest BCUT2D eigenvalue weighted by atomic mass is 9.91. The van der Waals surface area contributed by atoms with Gasteiger partial charge in [0.25, 0.3) is 5.91 Å². The van der Waals surface area contributed by atoms with Gasteiger partial charge in [-0.15, -0.1) is 11.3 Å². The molecule has 0 unspecified atom stereocenters. The van der Waals surface area contributed by atoms with Crippen LogP contribution in [0, 0.1) is 13.8 Å². The number of carbonyl (C=O) groups excluding carboxylic acids is 1. The van der Waals surface area contributed by atoms with E-state index >= 15 is 0 Å². The first-order valence-electron chi connectivity index (χ1n) is 6.08. The van der Waals surface area contributed by atoms with E-state index in [1.54, 1.807) is 0 Å². The van der Waals surface area contributed by atoms with E-state index in [1.807, 2.05) is 13.8 Å². The average Bonchev–Trinajstić information content (AvgIpc) is 2.61. The lowest BCUT2D eigenvalue weighted by molar-refractivity contribution is 0.0924. The van der Waals surface area contributed by atoms with Crippen LogP contribution in [-0.2, 0) is 0 Å². The molecule has 0 spiro atoms. The zero-order chi connectivity index (χ0) is 12.4. The van der Waals surface area contributed by atoms with Crippen LogP contribution in [0.15, 0.2) is 0 Å². The van der Waals surface area contributed by atoms with E-state index in [2.05, 4.69) is 10.3 Å². The number of hydrogen-bond donors (Lipinski definition) is 2. The third-order valence-corrected chi connectivity index (χ3v) is 4.32. The second-order valence-electron chi connectivity index (χ2n) is 4.68. The van der Waals surface area contributed by atoms with E-state index < -0.39 is 0 Å². The van der Waals surface area contributed by atoms with Gasteiger partial charge in [0.15, 0.2) is 0 Å². The minimum atomic E-state index is -0.0181. The molecule has 3 N–H and O–H groups in total. The molecule has 4 nitrogen and oxygen atoms in total. The predicted octanol–water partition coefficient (Wildman–Crippen LogP) is 1.76. The fraction of sp³-hybridized carbons (Fsp3) is 0.667. The summed E-state index contributed by atoms with van der Waals surface area (Å²) < 4.78 is 0. The molecule has 1 fully saturated rings. The van der Waals surface area contributed by atoms with Crippen LogP contribution in [0.3, 0.4) is 0 Å². The van der Waals surface area contributed by atoms with Gasteiger partial charge in [-0.1, -0.05) is 12.8 Å². The first kappa shape index (κ1) is 12.5. The summed E-state index contributed by atoms with van der Waals surface area (Å²) in [6.45, 7) is 3.79. The van der Waals surface area contributed by atoms with Gasteiger partial charge >= 0.3 is 0 Å². The number of nitrogens with zero attached hydrogens (tertiary/aromatic N) is 1. The summed E-state index contributed by atoms with van der Waals surface area (Å²) in [5.41, 5.74) is 6.84. The molecule has 1 aromatic rings. The topological polar surface area (TPSA) is 68.0 Å². The molecule has 1 aromatic heterocycles. The molecule has 0 aromatic carbocycles. The zero-order valence-corrected chi connectivity index (χ0v) is 11.1. The van der Waals surface area contributed by atoms with E-state index in [0.717, 1.165) is 34.8 Å². The fourth-order valence-corrected chi connectivity index (χ4v) is 3.14. The number of hydrogen-bond acceptors (Lipinski definition) is 4. The van der Waals surface area contributed by atoms with E-state index in [9.17, 15) is 4.79 Å². The van der Waals surface area contributed by atoms with E-state index in [0.29, 0.717) is 0 Å². The monoisotopic (exact) mass is 253 g/mol. The average molecular weight is 253 g/mol. The maximum absolute atomic E-state index is 12.1. The van der Waals surface area contributed by atoms with Crippen molar-refractivity contribution in [3.63, 3.8) is 0 Å². The van der Waals surface area contributed by atoms with E-state index in [-0.39, 0.29) is 18.0 Å². The highest BCUT2D eigenvalue weighted by Gasteiger charge is 2.25. The molecule has 2 rings (SSSR count). The van der Waals surface area contributed by atoms with Crippen molar-refractivity contribution in [2.24, 2.45) is 5.73 Å². The van der Waals surface area contributed by atoms with Gasteiger partial charge in [0.2, 0.25) is 0 Å². The molecule has 1 aliphatic carbocycles. The first-order valence-corrected chi connectivity index (χ1v) is 6.90. The van der Waals surface area contributed by atoms with Crippen molar-refractivity contribution < 1.29 is 4.79 Å². The maximum atomic E-state index is 12.1. The van der Waals surface area contributed by atoms with E-state index in [1.165, 1.54) is 17.8 Å². The smallest absolute Gasteiger partial charge is 0.263 e. The van der Waals surface area contributed by atoms with Crippen molar-refractivity contribution in [3.8, 4) is 0 Å². The van der Waals surface area contributed by atoms with Gasteiger partial charge in [0.05, 0.1) is 10.7 Å². The van der Waals surface area contributed by atoms with Gasteiger partial charge in [-0.05, 0) is 26.7 Å². The largest absolute Gasteiger partial charge is 0.347 e. The molecule has 17 heavy (non-hydrogen) atoms. The van der Waals surface area contributed by atoms with Gasteiger partial charge < -0.3 is 11.1 Å². The molecule has 94 valence electrons. The normalized spacial score (nSPS) is 24.6. The summed E-state index contributed by atoms with van der Waals surface area (Å²) in [6, 6.07) is 0.222. The molecule has 1 aliphatic rings. The standard InChI is InChI=1S/C12H19N3OS/c1-7-11(17-8(2)14-7)12(16)15-10-6-4-3-5-9(10)13/h9-10H,3-6,13H2,1-2H3,(H,15,16)/t9-,10-/m1/s1. The Bertz CT molecular complexity index is 416. The van der Waals surface area contributed by atoms with Crippen molar-refractivity contribution in [3.05, 3.63) is 15.6 Å². The summed E-state index contributed by atoms with van der Waals surface area (Å²) >= 11 is 1.45. The maximum Gasteiger partial charge on any atom is 0.263 e. The van der Waals surface area contributed by atoms with Crippen LogP contribution in [0.25, 0.3) is 0 Å². The van der Waals surface area contributed by atoms with E-state index in [4.69, 9.17) is 5.73 Å². The van der Waals surface area contributed by atoms with Gasteiger partial charge in [0.1, 0.15) is 4.88 Å². The highest BCUT2D eigenvalue weighted by Crippen LogP contribution is 2.20. The number of nitrogens with two attached hydrogens (primary N) is 1. The Morgan fingerprint density at radius 2 is 2.12 bits per heavy atom. The predicted molar refractivity (Wildman–Crippen MR) is 69.3 cm³/mol. The zero-order valence-electron chi connectivity index (χ0n) is 10.3. The molecule has 5 heteroatoms. The van der Waals surface area contributed by atoms with Crippen molar-refractivity contribution in [2.45, 2.75) is 51.6 Å². The summed E-state index contributed by atoms with van der Waals surface area (Å²) in [5.74, 6) is -0.0181. The number of carbonyl (C=O) groups is 1. The van der Waals surface area contributed by atoms with Crippen molar-refractivity contribution in [1.82, 2.24) is 10.3 Å². The molecule has 0 radical (unpaired) electrons. The minimum Gasteiger partial charge on any atom is -0.347 e.